The number of fused-ring (bicyclic) bond motifs is 4. The first-order valence-corrected chi connectivity index (χ1v) is 9.81. The molecule has 0 saturated carbocycles. The third-order valence-electron chi connectivity index (χ3n) is 5.26. The number of carbonyl (C=O) groups is 1. The number of amides is 1. The Morgan fingerprint density at radius 1 is 1.10 bits per heavy atom. The van der Waals surface area contributed by atoms with E-state index in [2.05, 4.69) is 15.2 Å². The van der Waals surface area contributed by atoms with E-state index in [1.807, 2.05) is 0 Å². The van der Waals surface area contributed by atoms with E-state index in [0.717, 1.165) is 6.07 Å². The highest BCUT2D eigenvalue weighted by Gasteiger charge is 2.44. The highest BCUT2D eigenvalue weighted by molar-refractivity contribution is 6.44. The van der Waals surface area contributed by atoms with Crippen molar-refractivity contribution in [1.29, 1.82) is 0 Å². The van der Waals surface area contributed by atoms with Gasteiger partial charge in [-0.05, 0) is 24.3 Å². The first-order valence-electron chi connectivity index (χ1n) is 9.05. The van der Waals surface area contributed by atoms with Gasteiger partial charge in [0.05, 0.1) is 34.9 Å². The summed E-state index contributed by atoms with van der Waals surface area (Å²) in [6.45, 7) is 0.719. The van der Waals surface area contributed by atoms with Gasteiger partial charge in [0.15, 0.2) is 17.5 Å². The van der Waals surface area contributed by atoms with E-state index >= 15 is 0 Å². The summed E-state index contributed by atoms with van der Waals surface area (Å²) in [4.78, 5) is 19.0. The minimum Gasteiger partial charge on any atom is -0.377 e. The SMILES string of the molecule is O=C(c1ccc(F)c(Cl)c1Cl)N1C2COCC1c1nnc(-c3ncccc3F)n1C2. The number of carbonyl (C=O) groups excluding carboxylic acids is 1. The topological polar surface area (TPSA) is 73.1 Å². The molecule has 1 saturated heterocycles. The van der Waals surface area contributed by atoms with E-state index in [-0.39, 0.29) is 52.9 Å². The molecule has 30 heavy (non-hydrogen) atoms. The van der Waals surface area contributed by atoms with Gasteiger partial charge in [0, 0.05) is 12.7 Å². The van der Waals surface area contributed by atoms with Gasteiger partial charge in [-0.1, -0.05) is 23.2 Å². The van der Waals surface area contributed by atoms with E-state index in [9.17, 15) is 13.6 Å². The number of pyridine rings is 1. The molecule has 2 bridgehead atoms. The molecule has 0 spiro atoms. The fourth-order valence-corrected chi connectivity index (χ4v) is 4.28. The van der Waals surface area contributed by atoms with Crippen molar-refractivity contribution in [1.82, 2.24) is 24.6 Å². The van der Waals surface area contributed by atoms with E-state index in [1.54, 1.807) is 9.47 Å². The predicted octanol–water partition coefficient (Wildman–Crippen LogP) is 3.52. The Labute approximate surface area is 179 Å². The molecular formula is C19H13Cl2F2N5O2. The number of benzene rings is 1. The highest BCUT2D eigenvalue weighted by atomic mass is 35.5. The Morgan fingerprint density at radius 2 is 1.93 bits per heavy atom. The molecule has 7 nitrogen and oxygen atoms in total. The summed E-state index contributed by atoms with van der Waals surface area (Å²) >= 11 is 12.0. The Morgan fingerprint density at radius 3 is 2.73 bits per heavy atom. The van der Waals surface area contributed by atoms with Crippen LogP contribution in [-0.4, -0.2) is 49.8 Å². The molecule has 3 aromatic rings. The van der Waals surface area contributed by atoms with Gasteiger partial charge in [0.2, 0.25) is 0 Å². The van der Waals surface area contributed by atoms with Gasteiger partial charge in [0.1, 0.15) is 17.6 Å². The van der Waals surface area contributed by atoms with Crippen LogP contribution in [0, 0.1) is 11.6 Å². The number of morpholine rings is 1. The van der Waals surface area contributed by atoms with Crippen LogP contribution in [0.3, 0.4) is 0 Å². The summed E-state index contributed by atoms with van der Waals surface area (Å²) in [5.74, 6) is -0.902. The van der Waals surface area contributed by atoms with E-state index in [4.69, 9.17) is 27.9 Å². The van der Waals surface area contributed by atoms with E-state index in [1.165, 1.54) is 24.4 Å². The number of ether oxygens (including phenoxy) is 1. The first kappa shape index (κ1) is 19.3. The van der Waals surface area contributed by atoms with Crippen LogP contribution in [0.5, 0.6) is 0 Å². The summed E-state index contributed by atoms with van der Waals surface area (Å²) in [7, 11) is 0. The van der Waals surface area contributed by atoms with Crippen molar-refractivity contribution in [3.8, 4) is 11.5 Å². The lowest BCUT2D eigenvalue weighted by Crippen LogP contribution is -2.56. The molecule has 0 N–H and O–H groups in total. The normalized spacial score (nSPS) is 20.2. The van der Waals surface area contributed by atoms with Crippen molar-refractivity contribution >= 4 is 29.1 Å². The second kappa shape index (κ2) is 7.26. The summed E-state index contributed by atoms with van der Waals surface area (Å²) in [5, 5.41) is 7.85. The third kappa shape index (κ3) is 2.88. The van der Waals surface area contributed by atoms with Crippen molar-refractivity contribution in [2.75, 3.05) is 13.2 Å². The van der Waals surface area contributed by atoms with Crippen molar-refractivity contribution in [2.24, 2.45) is 0 Å². The summed E-state index contributed by atoms with van der Waals surface area (Å²) in [6.07, 6.45) is 1.48. The van der Waals surface area contributed by atoms with Gasteiger partial charge in [-0.15, -0.1) is 10.2 Å². The van der Waals surface area contributed by atoms with Crippen LogP contribution in [0.2, 0.25) is 10.0 Å². The van der Waals surface area contributed by atoms with Gasteiger partial charge < -0.3 is 14.2 Å². The maximum Gasteiger partial charge on any atom is 0.256 e. The van der Waals surface area contributed by atoms with Gasteiger partial charge in [-0.2, -0.15) is 0 Å². The summed E-state index contributed by atoms with van der Waals surface area (Å²) in [5.41, 5.74) is 0.173. The van der Waals surface area contributed by atoms with E-state index in [0.29, 0.717) is 5.82 Å². The summed E-state index contributed by atoms with van der Waals surface area (Å²) in [6, 6.07) is 4.24. The summed E-state index contributed by atoms with van der Waals surface area (Å²) < 4.78 is 35.3. The van der Waals surface area contributed by atoms with Crippen molar-refractivity contribution in [2.45, 2.75) is 18.6 Å². The molecule has 4 heterocycles. The molecule has 1 aromatic carbocycles. The predicted molar refractivity (Wildman–Crippen MR) is 103 cm³/mol. The molecule has 0 aliphatic carbocycles. The standard InChI is InChI=1S/C19H13Cl2F2N5O2/c20-14-10(3-4-11(22)15(14)21)19(29)28-9-6-27-17(13(28)8-30-7-9)25-26-18(27)16-12(23)2-1-5-24-16/h1-5,9,13H,6-8H2. The number of hydrogen-bond donors (Lipinski definition) is 0. The molecular weight excluding hydrogens is 439 g/mol. The molecule has 2 atom stereocenters. The molecule has 5 rings (SSSR count). The van der Waals surface area contributed by atoms with Crippen LogP contribution < -0.4 is 0 Å². The minimum absolute atomic E-state index is 0.0865. The third-order valence-corrected chi connectivity index (χ3v) is 6.12. The fraction of sp³-hybridized carbons (Fsp3) is 0.263. The quantitative estimate of drug-likeness (QED) is 0.557. The van der Waals surface area contributed by atoms with Crippen LogP contribution in [0.1, 0.15) is 22.2 Å². The van der Waals surface area contributed by atoms with Gasteiger partial charge in [-0.3, -0.25) is 4.79 Å². The number of aromatic nitrogens is 4. The molecule has 11 heteroatoms. The van der Waals surface area contributed by atoms with Gasteiger partial charge in [0.25, 0.3) is 5.91 Å². The number of hydrogen-bond acceptors (Lipinski definition) is 5. The monoisotopic (exact) mass is 451 g/mol. The van der Waals surface area contributed by atoms with E-state index < -0.39 is 23.6 Å². The zero-order chi connectivity index (χ0) is 21.0. The molecule has 0 radical (unpaired) electrons. The second-order valence-corrected chi connectivity index (χ2v) is 7.72. The van der Waals surface area contributed by atoms with Crippen LogP contribution >= 0.6 is 23.2 Å². The van der Waals surface area contributed by atoms with Crippen molar-refractivity contribution in [3.63, 3.8) is 0 Å². The molecule has 1 amide bonds. The number of halogens is 4. The van der Waals surface area contributed by atoms with Gasteiger partial charge >= 0.3 is 0 Å². The minimum atomic E-state index is -0.706. The maximum absolute atomic E-state index is 14.3. The lowest BCUT2D eigenvalue weighted by Gasteiger charge is -2.45. The Balaban J connectivity index is 1.57. The number of rotatable bonds is 2. The number of nitrogens with zero attached hydrogens (tertiary/aromatic N) is 5. The molecule has 2 unspecified atom stereocenters. The Bertz CT molecular complexity index is 1170. The molecule has 2 aliphatic rings. The van der Waals surface area contributed by atoms with Crippen LogP contribution in [0.4, 0.5) is 8.78 Å². The van der Waals surface area contributed by atoms with Crippen LogP contribution in [0.15, 0.2) is 30.5 Å². The van der Waals surface area contributed by atoms with Gasteiger partial charge in [-0.25, -0.2) is 13.8 Å². The maximum atomic E-state index is 14.3. The Kier molecular flexibility index (Phi) is 4.68. The first-order chi connectivity index (χ1) is 14.5. The molecule has 1 fully saturated rings. The van der Waals surface area contributed by atoms with Crippen molar-refractivity contribution < 1.29 is 18.3 Å². The van der Waals surface area contributed by atoms with Crippen molar-refractivity contribution in [3.05, 3.63) is 63.5 Å². The lowest BCUT2D eigenvalue weighted by molar-refractivity contribution is -0.0569. The lowest BCUT2D eigenvalue weighted by atomic mass is 10.0. The zero-order valence-electron chi connectivity index (χ0n) is 15.2. The smallest absolute Gasteiger partial charge is 0.256 e. The van der Waals surface area contributed by atoms with Crippen LogP contribution in [-0.2, 0) is 11.3 Å². The average Bonchev–Trinajstić information content (AvgIpc) is 3.15. The Hall–Kier alpha value is -2.62. The molecule has 154 valence electrons. The second-order valence-electron chi connectivity index (χ2n) is 6.97. The average molecular weight is 452 g/mol. The van der Waals surface area contributed by atoms with Crippen LogP contribution in [0.25, 0.3) is 11.5 Å². The zero-order valence-corrected chi connectivity index (χ0v) is 16.7. The molecule has 2 aromatic heterocycles. The highest BCUT2D eigenvalue weighted by Crippen LogP contribution is 2.38. The molecule has 2 aliphatic heterocycles. The largest absolute Gasteiger partial charge is 0.377 e. The fourth-order valence-electron chi connectivity index (χ4n) is 3.89.